The molecule has 116 valence electrons. The zero-order valence-electron chi connectivity index (χ0n) is 11.7. The molecule has 1 aliphatic rings. The molecule has 8 nitrogen and oxygen atoms in total. The van der Waals surface area contributed by atoms with Crippen LogP contribution in [0.25, 0.3) is 0 Å². The summed E-state index contributed by atoms with van der Waals surface area (Å²) in [5.41, 5.74) is 16.7. The minimum atomic E-state index is -0.380. The predicted molar refractivity (Wildman–Crippen MR) is 82.1 cm³/mol. The molecule has 2 heterocycles. The van der Waals surface area contributed by atoms with Crippen molar-refractivity contribution in [3.63, 3.8) is 0 Å². The normalized spacial score (nSPS) is 18.0. The van der Waals surface area contributed by atoms with Crippen LogP contribution in [0.15, 0.2) is 0 Å². The van der Waals surface area contributed by atoms with E-state index < -0.39 is 0 Å². The topological polar surface area (TPSA) is 140 Å². The van der Waals surface area contributed by atoms with Gasteiger partial charge in [-0.3, -0.25) is 9.59 Å². The molecule has 1 fully saturated rings. The largest absolute Gasteiger partial charge is 0.382 e. The van der Waals surface area contributed by atoms with E-state index in [0.717, 1.165) is 24.6 Å². The van der Waals surface area contributed by atoms with Gasteiger partial charge in [-0.05, 0) is 12.8 Å². The maximum atomic E-state index is 12.0. The standard InChI is InChI=1S/C12H20N6O2S/c13-7-3-5-18(6-7)12-17-10(15)9(21-12)11(20)16-4-1-2-8(14)19/h7H,1-6,13,15H2,(H2,14,19)(H,16,20). The van der Waals surface area contributed by atoms with Gasteiger partial charge in [0.05, 0.1) is 0 Å². The number of hydrogen-bond donors (Lipinski definition) is 4. The molecular formula is C12H20N6O2S. The summed E-state index contributed by atoms with van der Waals surface area (Å²) in [6, 6.07) is 0.140. The minimum Gasteiger partial charge on any atom is -0.382 e. The Labute approximate surface area is 126 Å². The summed E-state index contributed by atoms with van der Waals surface area (Å²) in [5.74, 6) is -0.429. The number of carbonyl (C=O) groups excluding carboxylic acids is 2. The highest BCUT2D eigenvalue weighted by Crippen LogP contribution is 2.30. The van der Waals surface area contributed by atoms with Crippen molar-refractivity contribution in [3.8, 4) is 0 Å². The Kier molecular flexibility index (Phi) is 4.97. The first-order valence-electron chi connectivity index (χ1n) is 6.80. The van der Waals surface area contributed by atoms with Crippen LogP contribution in [-0.2, 0) is 4.79 Å². The van der Waals surface area contributed by atoms with E-state index in [-0.39, 0.29) is 30.1 Å². The lowest BCUT2D eigenvalue weighted by Crippen LogP contribution is -2.26. The molecule has 0 spiro atoms. The molecule has 0 aromatic carbocycles. The number of amides is 2. The third-order valence-corrected chi connectivity index (χ3v) is 4.36. The fourth-order valence-corrected chi connectivity index (χ4v) is 3.06. The Hall–Kier alpha value is -1.87. The van der Waals surface area contributed by atoms with E-state index in [2.05, 4.69) is 10.3 Å². The van der Waals surface area contributed by atoms with Crippen LogP contribution in [-0.4, -0.2) is 42.5 Å². The summed E-state index contributed by atoms with van der Waals surface area (Å²) < 4.78 is 0. The van der Waals surface area contributed by atoms with Crippen LogP contribution < -0.4 is 27.4 Å². The molecule has 1 saturated heterocycles. The summed E-state index contributed by atoms with van der Waals surface area (Å²) in [7, 11) is 0. The third kappa shape index (κ3) is 4.05. The van der Waals surface area contributed by atoms with Gasteiger partial charge in [0.15, 0.2) is 5.13 Å². The zero-order valence-corrected chi connectivity index (χ0v) is 12.5. The average molecular weight is 312 g/mol. The number of nitrogens with one attached hydrogen (secondary N) is 1. The number of nitrogen functional groups attached to an aromatic ring is 1. The molecule has 1 aliphatic heterocycles. The van der Waals surface area contributed by atoms with Crippen LogP contribution in [0.3, 0.4) is 0 Å². The minimum absolute atomic E-state index is 0.140. The van der Waals surface area contributed by atoms with Crippen LogP contribution in [0, 0.1) is 0 Å². The summed E-state index contributed by atoms with van der Waals surface area (Å²) >= 11 is 1.26. The predicted octanol–water partition coefficient (Wildman–Crippen LogP) is -0.742. The second-order valence-electron chi connectivity index (χ2n) is 5.03. The Balaban J connectivity index is 1.92. The highest BCUT2D eigenvalue weighted by Gasteiger charge is 2.24. The number of primary amides is 1. The SMILES string of the molecule is NC(=O)CCCNC(=O)c1sc(N2CCC(N)C2)nc1N. The number of nitrogens with zero attached hydrogens (tertiary/aromatic N) is 2. The van der Waals surface area contributed by atoms with Crippen molar-refractivity contribution in [2.75, 3.05) is 30.3 Å². The first kappa shape index (κ1) is 15.5. The van der Waals surface area contributed by atoms with E-state index in [1.807, 2.05) is 4.90 Å². The average Bonchev–Trinajstić information content (AvgIpc) is 3.00. The molecule has 2 rings (SSSR count). The molecule has 1 aromatic rings. The van der Waals surface area contributed by atoms with E-state index >= 15 is 0 Å². The number of hydrogen-bond acceptors (Lipinski definition) is 7. The number of anilines is 2. The lowest BCUT2D eigenvalue weighted by atomic mass is 10.3. The van der Waals surface area contributed by atoms with Gasteiger partial charge in [-0.15, -0.1) is 0 Å². The van der Waals surface area contributed by atoms with E-state index in [0.29, 0.717) is 17.8 Å². The smallest absolute Gasteiger partial charge is 0.265 e. The van der Waals surface area contributed by atoms with Gasteiger partial charge in [-0.2, -0.15) is 0 Å². The zero-order chi connectivity index (χ0) is 15.4. The summed E-state index contributed by atoms with van der Waals surface area (Å²) in [6.45, 7) is 1.93. The van der Waals surface area contributed by atoms with Crippen molar-refractivity contribution >= 4 is 34.1 Å². The molecule has 0 saturated carbocycles. The van der Waals surface area contributed by atoms with Crippen LogP contribution >= 0.6 is 11.3 Å². The quantitative estimate of drug-likeness (QED) is 0.510. The van der Waals surface area contributed by atoms with Crippen molar-refractivity contribution < 1.29 is 9.59 Å². The van der Waals surface area contributed by atoms with Gasteiger partial charge in [0, 0.05) is 32.1 Å². The van der Waals surface area contributed by atoms with Gasteiger partial charge in [0.2, 0.25) is 5.91 Å². The van der Waals surface area contributed by atoms with Crippen LogP contribution in [0.2, 0.25) is 0 Å². The van der Waals surface area contributed by atoms with Crippen molar-refractivity contribution in [1.29, 1.82) is 0 Å². The van der Waals surface area contributed by atoms with E-state index in [4.69, 9.17) is 17.2 Å². The number of thiazole rings is 1. The number of aromatic nitrogens is 1. The maximum absolute atomic E-state index is 12.0. The second kappa shape index (κ2) is 6.72. The van der Waals surface area contributed by atoms with Gasteiger partial charge in [0.25, 0.3) is 5.91 Å². The van der Waals surface area contributed by atoms with Gasteiger partial charge < -0.3 is 27.4 Å². The van der Waals surface area contributed by atoms with Gasteiger partial charge in [0.1, 0.15) is 10.7 Å². The molecular weight excluding hydrogens is 292 g/mol. The molecule has 1 unspecified atom stereocenters. The highest BCUT2D eigenvalue weighted by molar-refractivity contribution is 7.18. The fourth-order valence-electron chi connectivity index (χ4n) is 2.12. The van der Waals surface area contributed by atoms with Crippen molar-refractivity contribution in [1.82, 2.24) is 10.3 Å². The first-order valence-corrected chi connectivity index (χ1v) is 7.62. The Morgan fingerprint density at radius 2 is 2.24 bits per heavy atom. The van der Waals surface area contributed by atoms with Crippen molar-refractivity contribution in [2.45, 2.75) is 25.3 Å². The van der Waals surface area contributed by atoms with E-state index in [9.17, 15) is 9.59 Å². The van der Waals surface area contributed by atoms with Crippen LogP contribution in [0.5, 0.6) is 0 Å². The summed E-state index contributed by atoms with van der Waals surface area (Å²) in [5, 5.41) is 3.43. The van der Waals surface area contributed by atoms with Crippen LogP contribution in [0.4, 0.5) is 10.9 Å². The Morgan fingerprint density at radius 3 is 2.86 bits per heavy atom. The van der Waals surface area contributed by atoms with Crippen molar-refractivity contribution in [3.05, 3.63) is 4.88 Å². The molecule has 7 N–H and O–H groups in total. The molecule has 0 bridgehead atoms. The number of carbonyl (C=O) groups is 2. The Morgan fingerprint density at radius 1 is 1.48 bits per heavy atom. The highest BCUT2D eigenvalue weighted by atomic mass is 32.1. The molecule has 21 heavy (non-hydrogen) atoms. The maximum Gasteiger partial charge on any atom is 0.265 e. The second-order valence-corrected chi connectivity index (χ2v) is 6.01. The Bertz CT molecular complexity index is 532. The van der Waals surface area contributed by atoms with Crippen molar-refractivity contribution in [2.24, 2.45) is 11.5 Å². The van der Waals surface area contributed by atoms with Gasteiger partial charge >= 0.3 is 0 Å². The first-order chi connectivity index (χ1) is 9.97. The molecule has 9 heteroatoms. The van der Waals surface area contributed by atoms with Gasteiger partial charge in [-0.1, -0.05) is 11.3 Å². The molecule has 0 radical (unpaired) electrons. The summed E-state index contributed by atoms with van der Waals surface area (Å²) in [6.07, 6.45) is 1.66. The molecule has 2 amide bonds. The molecule has 1 aromatic heterocycles. The monoisotopic (exact) mass is 312 g/mol. The molecule has 1 atom stereocenters. The lowest BCUT2D eigenvalue weighted by molar-refractivity contribution is -0.118. The lowest BCUT2D eigenvalue weighted by Gasteiger charge is -2.12. The summed E-state index contributed by atoms with van der Waals surface area (Å²) in [4.78, 5) is 29.3. The van der Waals surface area contributed by atoms with Crippen LogP contribution in [0.1, 0.15) is 28.9 Å². The number of rotatable bonds is 6. The van der Waals surface area contributed by atoms with E-state index in [1.165, 1.54) is 11.3 Å². The van der Waals surface area contributed by atoms with Gasteiger partial charge in [-0.25, -0.2) is 4.98 Å². The third-order valence-electron chi connectivity index (χ3n) is 3.23. The fraction of sp³-hybridized carbons (Fsp3) is 0.583. The van der Waals surface area contributed by atoms with E-state index in [1.54, 1.807) is 0 Å². The molecule has 0 aliphatic carbocycles. The number of nitrogens with two attached hydrogens (primary N) is 3.